The maximum atomic E-state index is 12.1. The van der Waals surface area contributed by atoms with Crippen LogP contribution in [-0.4, -0.2) is 46.4 Å². The highest BCUT2D eigenvalue weighted by Crippen LogP contribution is 2.33. The van der Waals surface area contributed by atoms with Crippen LogP contribution in [0.1, 0.15) is 19.3 Å². The lowest BCUT2D eigenvalue weighted by Crippen LogP contribution is -2.35. The molecule has 0 amide bonds. The molecular formula is C14H20N2O5S. The van der Waals surface area contributed by atoms with Crippen molar-refractivity contribution < 1.29 is 22.7 Å². The molecular weight excluding hydrogens is 308 g/mol. The van der Waals surface area contributed by atoms with Gasteiger partial charge >= 0.3 is 0 Å². The average molecular weight is 328 g/mol. The molecule has 0 atom stereocenters. The fourth-order valence-corrected chi connectivity index (χ4v) is 3.41. The third-order valence-electron chi connectivity index (χ3n) is 3.78. The fraction of sp³-hybridized carbons (Fsp3) is 0.571. The summed E-state index contributed by atoms with van der Waals surface area (Å²) in [4.78, 5) is 9.65. The summed E-state index contributed by atoms with van der Waals surface area (Å²) in [5.74, 6) is 0.973. The van der Waals surface area contributed by atoms with Crippen LogP contribution in [0.15, 0.2) is 23.1 Å². The Labute approximate surface area is 130 Å². The number of likely N-dealkylation sites (tertiary alicyclic amines) is 1. The number of piperidine rings is 1. The molecule has 0 radical (unpaired) electrons. The Balaban J connectivity index is 1.50. The summed E-state index contributed by atoms with van der Waals surface area (Å²) in [5, 5.41) is 0. The quantitative estimate of drug-likeness (QED) is 0.623. The van der Waals surface area contributed by atoms with Gasteiger partial charge in [-0.1, -0.05) is 11.3 Å². The highest BCUT2D eigenvalue weighted by molar-refractivity contribution is 7.89. The maximum Gasteiger partial charge on any atom is 0.262 e. The number of ether oxygens (including phenoxy) is 2. The standard InChI is InChI=1S/C14H20N2O5S/c17-22(18,12-4-5-13-14(10-12)20-11-19-13)15-21-9-8-16-6-2-1-3-7-16/h4-5,10,15H,1-3,6-9,11H2. The lowest BCUT2D eigenvalue weighted by molar-refractivity contribution is 0.0656. The fourth-order valence-electron chi connectivity index (χ4n) is 2.57. The summed E-state index contributed by atoms with van der Waals surface area (Å²) in [6.45, 7) is 3.27. The first-order valence-corrected chi connectivity index (χ1v) is 8.89. The van der Waals surface area contributed by atoms with E-state index >= 15 is 0 Å². The van der Waals surface area contributed by atoms with Crippen molar-refractivity contribution in [2.24, 2.45) is 0 Å². The van der Waals surface area contributed by atoms with Crippen LogP contribution in [-0.2, 0) is 14.9 Å². The van der Waals surface area contributed by atoms with Crippen LogP contribution >= 0.6 is 0 Å². The highest BCUT2D eigenvalue weighted by Gasteiger charge is 2.20. The lowest BCUT2D eigenvalue weighted by Gasteiger charge is -2.25. The van der Waals surface area contributed by atoms with E-state index in [0.717, 1.165) is 19.6 Å². The molecule has 22 heavy (non-hydrogen) atoms. The molecule has 3 rings (SSSR count). The normalized spacial score (nSPS) is 18.5. The molecule has 2 heterocycles. The summed E-state index contributed by atoms with van der Waals surface area (Å²) >= 11 is 0. The second kappa shape index (κ2) is 6.82. The van der Waals surface area contributed by atoms with Crippen LogP contribution in [0.5, 0.6) is 11.5 Å². The van der Waals surface area contributed by atoms with Gasteiger partial charge < -0.3 is 14.4 Å². The zero-order chi connectivity index (χ0) is 15.4. The average Bonchev–Trinajstić information content (AvgIpc) is 3.00. The molecule has 0 spiro atoms. The SMILES string of the molecule is O=S(=O)(NOCCN1CCCCC1)c1ccc2c(c1)OCO2. The van der Waals surface area contributed by atoms with Crippen molar-refractivity contribution in [3.8, 4) is 11.5 Å². The number of nitrogens with zero attached hydrogens (tertiary/aromatic N) is 1. The van der Waals surface area contributed by atoms with Gasteiger partial charge in [-0.05, 0) is 38.1 Å². The third kappa shape index (κ3) is 3.70. The van der Waals surface area contributed by atoms with Crippen molar-refractivity contribution in [3.05, 3.63) is 18.2 Å². The van der Waals surface area contributed by atoms with E-state index in [9.17, 15) is 8.42 Å². The van der Waals surface area contributed by atoms with E-state index < -0.39 is 10.0 Å². The Hall–Kier alpha value is -1.35. The Morgan fingerprint density at radius 2 is 1.91 bits per heavy atom. The van der Waals surface area contributed by atoms with Crippen LogP contribution in [0.2, 0.25) is 0 Å². The van der Waals surface area contributed by atoms with E-state index in [4.69, 9.17) is 14.3 Å². The smallest absolute Gasteiger partial charge is 0.262 e. The van der Waals surface area contributed by atoms with Gasteiger partial charge in [-0.25, -0.2) is 8.42 Å². The molecule has 1 saturated heterocycles. The molecule has 122 valence electrons. The second-order valence-electron chi connectivity index (χ2n) is 5.35. The largest absolute Gasteiger partial charge is 0.454 e. The van der Waals surface area contributed by atoms with Crippen molar-refractivity contribution in [2.75, 3.05) is 33.0 Å². The summed E-state index contributed by atoms with van der Waals surface area (Å²) < 4.78 is 34.6. The number of nitrogens with one attached hydrogen (secondary N) is 1. The topological polar surface area (TPSA) is 77.1 Å². The number of fused-ring (bicyclic) bond motifs is 1. The third-order valence-corrected chi connectivity index (χ3v) is 4.99. The van der Waals surface area contributed by atoms with Gasteiger partial charge in [0.05, 0.1) is 11.5 Å². The molecule has 2 aliphatic heterocycles. The maximum absolute atomic E-state index is 12.1. The van der Waals surface area contributed by atoms with E-state index in [1.54, 1.807) is 6.07 Å². The van der Waals surface area contributed by atoms with Crippen molar-refractivity contribution in [2.45, 2.75) is 24.2 Å². The zero-order valence-electron chi connectivity index (χ0n) is 12.3. The van der Waals surface area contributed by atoms with Crippen molar-refractivity contribution in [1.82, 2.24) is 9.79 Å². The summed E-state index contributed by atoms with van der Waals surface area (Å²) in [5.41, 5.74) is 0. The Morgan fingerprint density at radius 1 is 1.14 bits per heavy atom. The lowest BCUT2D eigenvalue weighted by atomic mass is 10.1. The molecule has 0 saturated carbocycles. The second-order valence-corrected chi connectivity index (χ2v) is 7.00. The molecule has 1 fully saturated rings. The first-order valence-electron chi connectivity index (χ1n) is 7.41. The van der Waals surface area contributed by atoms with Gasteiger partial charge in [0, 0.05) is 12.6 Å². The van der Waals surface area contributed by atoms with Crippen LogP contribution in [0, 0.1) is 0 Å². The van der Waals surface area contributed by atoms with Gasteiger partial charge in [-0.2, -0.15) is 0 Å². The molecule has 2 aliphatic rings. The summed E-state index contributed by atoms with van der Waals surface area (Å²) in [6.07, 6.45) is 3.67. The van der Waals surface area contributed by atoms with E-state index in [-0.39, 0.29) is 11.7 Å². The monoisotopic (exact) mass is 328 g/mol. The van der Waals surface area contributed by atoms with Gasteiger partial charge in [0.2, 0.25) is 6.79 Å². The van der Waals surface area contributed by atoms with Gasteiger partial charge in [0.1, 0.15) is 0 Å². The molecule has 1 aromatic carbocycles. The van der Waals surface area contributed by atoms with Crippen LogP contribution < -0.4 is 14.4 Å². The van der Waals surface area contributed by atoms with Crippen LogP contribution in [0.3, 0.4) is 0 Å². The molecule has 0 aromatic heterocycles. The van der Waals surface area contributed by atoms with E-state index in [1.807, 2.05) is 0 Å². The van der Waals surface area contributed by atoms with E-state index in [0.29, 0.717) is 18.1 Å². The highest BCUT2D eigenvalue weighted by atomic mass is 32.2. The molecule has 1 aromatic rings. The predicted molar refractivity (Wildman–Crippen MR) is 79.1 cm³/mol. The number of sulfonamides is 1. The van der Waals surface area contributed by atoms with Gasteiger partial charge in [0.25, 0.3) is 10.0 Å². The van der Waals surface area contributed by atoms with Gasteiger partial charge in [-0.15, -0.1) is 0 Å². The predicted octanol–water partition coefficient (Wildman–Crippen LogP) is 1.11. The molecule has 1 N–H and O–H groups in total. The number of hydrogen-bond donors (Lipinski definition) is 1. The minimum absolute atomic E-state index is 0.0923. The van der Waals surface area contributed by atoms with Crippen molar-refractivity contribution in [3.63, 3.8) is 0 Å². The summed E-state index contributed by atoms with van der Waals surface area (Å²) in [6, 6.07) is 4.47. The van der Waals surface area contributed by atoms with E-state index in [2.05, 4.69) is 9.79 Å². The van der Waals surface area contributed by atoms with Gasteiger partial charge in [-0.3, -0.25) is 4.84 Å². The minimum Gasteiger partial charge on any atom is -0.454 e. The number of benzene rings is 1. The van der Waals surface area contributed by atoms with Crippen LogP contribution in [0.25, 0.3) is 0 Å². The first kappa shape index (κ1) is 15.5. The zero-order valence-corrected chi connectivity index (χ0v) is 13.1. The van der Waals surface area contributed by atoms with Gasteiger partial charge in [0.15, 0.2) is 11.5 Å². The summed E-state index contributed by atoms with van der Waals surface area (Å²) in [7, 11) is -3.71. The Morgan fingerprint density at radius 3 is 2.73 bits per heavy atom. The molecule has 0 bridgehead atoms. The molecule has 7 nitrogen and oxygen atoms in total. The van der Waals surface area contributed by atoms with Crippen molar-refractivity contribution >= 4 is 10.0 Å². The minimum atomic E-state index is -3.71. The Kier molecular flexibility index (Phi) is 4.82. The molecule has 0 unspecified atom stereocenters. The first-order chi connectivity index (χ1) is 10.6. The van der Waals surface area contributed by atoms with Crippen molar-refractivity contribution in [1.29, 1.82) is 0 Å². The Bertz CT molecular complexity index is 614. The number of rotatable bonds is 6. The molecule has 0 aliphatic carbocycles. The molecule has 8 heteroatoms. The number of hydrogen-bond acceptors (Lipinski definition) is 6. The van der Waals surface area contributed by atoms with E-state index in [1.165, 1.54) is 31.4 Å². The van der Waals surface area contributed by atoms with Crippen LogP contribution in [0.4, 0.5) is 0 Å².